The average molecular weight is 643 g/mol. The van der Waals surface area contributed by atoms with Crippen molar-refractivity contribution in [3.8, 4) is 5.75 Å². The number of sulfonamides is 1. The number of rotatable bonds is 11. The van der Waals surface area contributed by atoms with Crippen LogP contribution >= 0.6 is 15.9 Å². The first kappa shape index (κ1) is 30.6. The molecule has 1 N–H and O–H groups in total. The van der Waals surface area contributed by atoms with E-state index in [2.05, 4.69) is 21.2 Å². The molecule has 0 radical (unpaired) electrons. The quantitative estimate of drug-likeness (QED) is 0.297. The fourth-order valence-corrected chi connectivity index (χ4v) is 6.84. The van der Waals surface area contributed by atoms with Crippen LogP contribution < -0.4 is 14.4 Å². The van der Waals surface area contributed by atoms with Crippen LogP contribution in [0.15, 0.2) is 88.2 Å². The lowest BCUT2D eigenvalue weighted by Gasteiger charge is -2.33. The monoisotopic (exact) mass is 641 g/mol. The molecule has 3 aromatic rings. The highest BCUT2D eigenvalue weighted by molar-refractivity contribution is 9.10. The van der Waals surface area contributed by atoms with Gasteiger partial charge >= 0.3 is 0 Å². The van der Waals surface area contributed by atoms with Gasteiger partial charge in [0.15, 0.2) is 0 Å². The Labute approximate surface area is 250 Å². The van der Waals surface area contributed by atoms with Crippen LogP contribution in [-0.2, 0) is 26.2 Å². The maximum absolute atomic E-state index is 14.0. The molecule has 0 unspecified atom stereocenters. The van der Waals surface area contributed by atoms with Crippen LogP contribution in [0.25, 0.3) is 0 Å². The Morgan fingerprint density at radius 3 is 2.29 bits per heavy atom. The summed E-state index contributed by atoms with van der Waals surface area (Å²) in [6.45, 7) is 1.36. The number of halogens is 1. The Hall–Kier alpha value is -3.37. The van der Waals surface area contributed by atoms with Crippen molar-refractivity contribution in [1.29, 1.82) is 0 Å². The van der Waals surface area contributed by atoms with Crippen molar-refractivity contribution in [2.24, 2.45) is 0 Å². The molecule has 0 aliphatic heterocycles. The van der Waals surface area contributed by atoms with E-state index in [-0.39, 0.29) is 23.4 Å². The molecule has 1 aliphatic rings. The Kier molecular flexibility index (Phi) is 10.4. The molecule has 1 fully saturated rings. The molecule has 1 atom stereocenters. The first-order chi connectivity index (χ1) is 19.7. The van der Waals surface area contributed by atoms with Crippen molar-refractivity contribution in [3.05, 3.63) is 88.9 Å². The maximum Gasteiger partial charge on any atom is 0.264 e. The van der Waals surface area contributed by atoms with Crippen molar-refractivity contribution >= 4 is 43.5 Å². The van der Waals surface area contributed by atoms with E-state index in [1.54, 1.807) is 49.4 Å². The highest BCUT2D eigenvalue weighted by atomic mass is 79.9. The Bertz CT molecular complexity index is 1430. The largest absolute Gasteiger partial charge is 0.497 e. The average Bonchev–Trinajstić information content (AvgIpc) is 2.99. The molecule has 0 aromatic heterocycles. The van der Waals surface area contributed by atoms with Gasteiger partial charge in [-0.3, -0.25) is 13.9 Å². The van der Waals surface area contributed by atoms with Gasteiger partial charge in [0, 0.05) is 17.1 Å². The molecule has 2 amide bonds. The number of anilines is 1. The minimum absolute atomic E-state index is 0.0246. The topological polar surface area (TPSA) is 96.0 Å². The number of para-hydroxylation sites is 1. The summed E-state index contributed by atoms with van der Waals surface area (Å²) in [5.41, 5.74) is 1.16. The van der Waals surface area contributed by atoms with Crippen molar-refractivity contribution in [3.63, 3.8) is 0 Å². The molecule has 0 spiro atoms. The normalized spacial score (nSPS) is 14.6. The van der Waals surface area contributed by atoms with Gasteiger partial charge in [-0.15, -0.1) is 0 Å². The number of ether oxygens (including phenoxy) is 1. The molecule has 0 saturated heterocycles. The summed E-state index contributed by atoms with van der Waals surface area (Å²) in [4.78, 5) is 28.9. The van der Waals surface area contributed by atoms with E-state index < -0.39 is 28.5 Å². The van der Waals surface area contributed by atoms with Gasteiger partial charge in [0.05, 0.1) is 17.7 Å². The molecule has 41 heavy (non-hydrogen) atoms. The van der Waals surface area contributed by atoms with E-state index in [4.69, 9.17) is 4.74 Å². The Morgan fingerprint density at radius 1 is 0.976 bits per heavy atom. The fraction of sp³-hybridized carbons (Fsp3) is 0.355. The lowest BCUT2D eigenvalue weighted by Crippen LogP contribution is -2.53. The van der Waals surface area contributed by atoms with Crippen molar-refractivity contribution in [2.45, 2.75) is 62.6 Å². The lowest BCUT2D eigenvalue weighted by atomic mass is 9.95. The summed E-state index contributed by atoms with van der Waals surface area (Å²) in [6.07, 6.45) is 5.12. The number of nitrogens with zero attached hydrogens (tertiary/aromatic N) is 2. The van der Waals surface area contributed by atoms with Crippen LogP contribution in [-0.4, -0.2) is 50.9 Å². The van der Waals surface area contributed by atoms with Gasteiger partial charge in [-0.05, 0) is 73.9 Å². The number of amides is 2. The van der Waals surface area contributed by atoms with Crippen LogP contribution in [0, 0.1) is 0 Å². The van der Waals surface area contributed by atoms with Gasteiger partial charge in [0.1, 0.15) is 18.3 Å². The number of nitrogens with one attached hydrogen (secondary N) is 1. The first-order valence-corrected chi connectivity index (χ1v) is 16.0. The third-order valence-electron chi connectivity index (χ3n) is 7.33. The summed E-state index contributed by atoms with van der Waals surface area (Å²) in [5, 5.41) is 3.12. The van der Waals surface area contributed by atoms with E-state index >= 15 is 0 Å². The van der Waals surface area contributed by atoms with Crippen LogP contribution in [0.4, 0.5) is 5.69 Å². The highest BCUT2D eigenvalue weighted by Crippen LogP contribution is 2.26. The standard InChI is InChI=1S/C31H36BrN3O5S/c1-23(31(37)33-26-12-5-3-6-13-26)34(21-24-10-9-11-25(32)20-24)30(36)22-35(27-14-7-4-8-15-27)41(38,39)29-18-16-28(40-2)17-19-29/h4,7-11,14-20,23,26H,3,5-6,12-13,21-22H2,1-2H3,(H,33,37)/t23-/m0/s1. The van der Waals surface area contributed by atoms with E-state index in [1.165, 1.54) is 24.1 Å². The molecule has 8 nitrogen and oxygen atoms in total. The molecule has 1 aliphatic carbocycles. The van der Waals surface area contributed by atoms with Crippen molar-refractivity contribution < 1.29 is 22.7 Å². The van der Waals surface area contributed by atoms with E-state index in [9.17, 15) is 18.0 Å². The second kappa shape index (κ2) is 14.0. The minimum atomic E-state index is -4.13. The van der Waals surface area contributed by atoms with Gasteiger partial charge in [-0.1, -0.05) is 65.5 Å². The third kappa shape index (κ3) is 7.89. The zero-order valence-electron chi connectivity index (χ0n) is 23.3. The summed E-state index contributed by atoms with van der Waals surface area (Å²) in [6, 6.07) is 21.3. The van der Waals surface area contributed by atoms with Crippen molar-refractivity contribution in [1.82, 2.24) is 10.2 Å². The maximum atomic E-state index is 14.0. The second-order valence-electron chi connectivity index (χ2n) is 10.2. The van der Waals surface area contributed by atoms with Gasteiger partial charge < -0.3 is 15.0 Å². The Morgan fingerprint density at radius 2 is 1.66 bits per heavy atom. The minimum Gasteiger partial charge on any atom is -0.497 e. The SMILES string of the molecule is COc1ccc(S(=O)(=O)N(CC(=O)N(Cc2cccc(Br)c2)[C@@H](C)C(=O)NC2CCCCC2)c2ccccc2)cc1. The van der Waals surface area contributed by atoms with Crippen LogP contribution in [0.3, 0.4) is 0 Å². The zero-order chi connectivity index (χ0) is 29.4. The molecular weight excluding hydrogens is 606 g/mol. The van der Waals surface area contributed by atoms with Crippen molar-refractivity contribution in [2.75, 3.05) is 18.0 Å². The van der Waals surface area contributed by atoms with Gasteiger partial charge in [-0.25, -0.2) is 8.42 Å². The number of carbonyl (C=O) groups is 2. The molecule has 1 saturated carbocycles. The molecule has 4 rings (SSSR count). The second-order valence-corrected chi connectivity index (χ2v) is 13.0. The third-order valence-corrected chi connectivity index (χ3v) is 9.61. The lowest BCUT2D eigenvalue weighted by molar-refractivity contribution is -0.139. The summed E-state index contributed by atoms with van der Waals surface area (Å²) in [7, 11) is -2.63. The number of methoxy groups -OCH3 is 1. The van der Waals surface area contributed by atoms with E-state index in [1.807, 2.05) is 24.3 Å². The predicted octanol–water partition coefficient (Wildman–Crippen LogP) is 5.52. The van der Waals surface area contributed by atoms with Gasteiger partial charge in [-0.2, -0.15) is 0 Å². The fourth-order valence-electron chi connectivity index (χ4n) is 4.98. The van der Waals surface area contributed by atoms with Crippen LogP contribution in [0.5, 0.6) is 5.75 Å². The molecule has 0 bridgehead atoms. The highest BCUT2D eigenvalue weighted by Gasteiger charge is 2.33. The molecule has 10 heteroatoms. The molecule has 0 heterocycles. The molecular formula is C31H36BrN3O5S. The zero-order valence-corrected chi connectivity index (χ0v) is 25.7. The number of hydrogen-bond donors (Lipinski definition) is 1. The summed E-state index contributed by atoms with van der Waals surface area (Å²) < 4.78 is 34.9. The predicted molar refractivity (Wildman–Crippen MR) is 163 cm³/mol. The summed E-state index contributed by atoms with van der Waals surface area (Å²) >= 11 is 3.47. The van der Waals surface area contributed by atoms with E-state index in [0.29, 0.717) is 11.4 Å². The number of hydrogen-bond acceptors (Lipinski definition) is 5. The molecule has 3 aromatic carbocycles. The first-order valence-electron chi connectivity index (χ1n) is 13.7. The van der Waals surface area contributed by atoms with Crippen LogP contribution in [0.2, 0.25) is 0 Å². The van der Waals surface area contributed by atoms with Crippen LogP contribution in [0.1, 0.15) is 44.6 Å². The van der Waals surface area contributed by atoms with Gasteiger partial charge in [0.25, 0.3) is 10.0 Å². The number of carbonyl (C=O) groups excluding carboxylic acids is 2. The van der Waals surface area contributed by atoms with Gasteiger partial charge in [0.2, 0.25) is 11.8 Å². The smallest absolute Gasteiger partial charge is 0.264 e. The summed E-state index contributed by atoms with van der Waals surface area (Å²) in [5.74, 6) is -0.217. The van der Waals surface area contributed by atoms with E-state index in [0.717, 1.165) is 46.4 Å². The Balaban J connectivity index is 1.65. The molecule has 218 valence electrons. The number of benzene rings is 3.